The standard InChI is InChI=1S/C6H6N2O4S/c7-6-8-4(5(11)12)2(13-6)1-3(9)10/h1H2,(H2,7,8)(H,9,10)(H,11,12). The summed E-state index contributed by atoms with van der Waals surface area (Å²) in [5, 5.41) is 17.1. The van der Waals surface area contributed by atoms with Crippen molar-refractivity contribution in [1.29, 1.82) is 0 Å². The van der Waals surface area contributed by atoms with Crippen LogP contribution in [-0.2, 0) is 11.2 Å². The van der Waals surface area contributed by atoms with E-state index in [9.17, 15) is 9.59 Å². The minimum Gasteiger partial charge on any atom is -0.481 e. The zero-order valence-corrected chi connectivity index (χ0v) is 7.17. The predicted molar refractivity (Wildman–Crippen MR) is 44.8 cm³/mol. The van der Waals surface area contributed by atoms with Crippen LogP contribution in [0, 0.1) is 0 Å². The van der Waals surface area contributed by atoms with Crippen molar-refractivity contribution in [2.75, 3.05) is 5.73 Å². The Hall–Kier alpha value is -1.63. The number of aromatic carboxylic acids is 1. The van der Waals surface area contributed by atoms with Gasteiger partial charge < -0.3 is 15.9 Å². The first-order valence-electron chi connectivity index (χ1n) is 3.21. The summed E-state index contributed by atoms with van der Waals surface area (Å²) in [6.07, 6.45) is -0.365. The molecule has 70 valence electrons. The molecule has 0 aliphatic heterocycles. The Morgan fingerprint density at radius 2 is 2.08 bits per heavy atom. The lowest BCUT2D eigenvalue weighted by molar-refractivity contribution is -0.136. The second kappa shape index (κ2) is 3.40. The molecule has 0 saturated heterocycles. The monoisotopic (exact) mass is 202 g/mol. The highest BCUT2D eigenvalue weighted by Gasteiger charge is 2.17. The minimum atomic E-state index is -1.26. The summed E-state index contributed by atoms with van der Waals surface area (Å²) in [4.78, 5) is 24.5. The van der Waals surface area contributed by atoms with Gasteiger partial charge in [-0.1, -0.05) is 0 Å². The normalized spacial score (nSPS) is 9.85. The third-order valence-electron chi connectivity index (χ3n) is 1.23. The van der Waals surface area contributed by atoms with E-state index in [1.165, 1.54) is 0 Å². The fourth-order valence-corrected chi connectivity index (χ4v) is 1.61. The second-order valence-corrected chi connectivity index (χ2v) is 3.31. The summed E-state index contributed by atoms with van der Waals surface area (Å²) < 4.78 is 0. The first kappa shape index (κ1) is 9.46. The molecule has 0 fully saturated rings. The SMILES string of the molecule is Nc1nc(C(=O)O)c(CC(=O)O)s1. The van der Waals surface area contributed by atoms with Crippen molar-refractivity contribution in [1.82, 2.24) is 4.98 Å². The Kier molecular flexibility index (Phi) is 2.47. The smallest absolute Gasteiger partial charge is 0.355 e. The van der Waals surface area contributed by atoms with Crippen LogP contribution in [0.4, 0.5) is 5.13 Å². The van der Waals surface area contributed by atoms with Gasteiger partial charge in [0, 0.05) is 0 Å². The number of nitrogen functional groups attached to an aromatic ring is 1. The molecule has 6 nitrogen and oxygen atoms in total. The Bertz CT molecular complexity index is 360. The lowest BCUT2D eigenvalue weighted by Gasteiger charge is -1.91. The molecule has 0 saturated carbocycles. The quantitative estimate of drug-likeness (QED) is 0.638. The van der Waals surface area contributed by atoms with Gasteiger partial charge in [0.15, 0.2) is 10.8 Å². The molecule has 1 heterocycles. The Morgan fingerprint density at radius 3 is 2.54 bits per heavy atom. The molecule has 7 heteroatoms. The Labute approximate surface area is 76.6 Å². The van der Waals surface area contributed by atoms with Crippen molar-refractivity contribution < 1.29 is 19.8 Å². The molecule has 4 N–H and O–H groups in total. The van der Waals surface area contributed by atoms with Crippen LogP contribution in [0.3, 0.4) is 0 Å². The number of carboxylic acids is 2. The van der Waals surface area contributed by atoms with Gasteiger partial charge in [-0.05, 0) is 0 Å². The molecule has 0 spiro atoms. The Balaban J connectivity index is 3.04. The van der Waals surface area contributed by atoms with Gasteiger partial charge in [0.25, 0.3) is 0 Å². The fraction of sp³-hybridized carbons (Fsp3) is 0.167. The van der Waals surface area contributed by atoms with Gasteiger partial charge in [-0.2, -0.15) is 0 Å². The van der Waals surface area contributed by atoms with E-state index in [2.05, 4.69) is 4.98 Å². The van der Waals surface area contributed by atoms with Crippen LogP contribution in [0.2, 0.25) is 0 Å². The van der Waals surface area contributed by atoms with Crippen LogP contribution < -0.4 is 5.73 Å². The number of aliphatic carboxylic acids is 1. The summed E-state index contributed by atoms with van der Waals surface area (Å²) in [5.74, 6) is -2.37. The zero-order chi connectivity index (χ0) is 10.0. The lowest BCUT2D eigenvalue weighted by Crippen LogP contribution is -2.05. The first-order chi connectivity index (χ1) is 6.00. The van der Waals surface area contributed by atoms with Crippen molar-refractivity contribution in [3.05, 3.63) is 10.6 Å². The van der Waals surface area contributed by atoms with Crippen LogP contribution in [0.15, 0.2) is 0 Å². The Morgan fingerprint density at radius 1 is 1.46 bits per heavy atom. The maximum atomic E-state index is 10.5. The molecular formula is C6H6N2O4S. The highest BCUT2D eigenvalue weighted by molar-refractivity contribution is 7.15. The predicted octanol–water partition coefficient (Wildman–Crippen LogP) is 0.0506. The fourth-order valence-electron chi connectivity index (χ4n) is 0.794. The van der Waals surface area contributed by atoms with Gasteiger partial charge in [0.2, 0.25) is 0 Å². The van der Waals surface area contributed by atoms with E-state index < -0.39 is 11.9 Å². The summed E-state index contributed by atoms with van der Waals surface area (Å²) >= 11 is 0.876. The molecule has 0 aliphatic carbocycles. The number of carbonyl (C=O) groups is 2. The lowest BCUT2D eigenvalue weighted by atomic mass is 10.3. The summed E-state index contributed by atoms with van der Waals surface area (Å²) in [6.45, 7) is 0. The molecule has 0 aliphatic rings. The van der Waals surface area contributed by atoms with Crippen LogP contribution in [-0.4, -0.2) is 27.1 Å². The third-order valence-corrected chi connectivity index (χ3v) is 2.11. The van der Waals surface area contributed by atoms with Crippen LogP contribution in [0.5, 0.6) is 0 Å². The van der Waals surface area contributed by atoms with E-state index in [4.69, 9.17) is 15.9 Å². The number of nitrogens with two attached hydrogens (primary N) is 1. The van der Waals surface area contributed by atoms with E-state index in [-0.39, 0.29) is 22.1 Å². The number of thiazole rings is 1. The molecule has 0 amide bonds. The summed E-state index contributed by atoms with van der Waals surface area (Å²) in [5.41, 5.74) is 4.97. The zero-order valence-electron chi connectivity index (χ0n) is 6.35. The molecule has 1 rings (SSSR count). The molecule has 0 radical (unpaired) electrons. The number of carboxylic acid groups (broad SMARTS) is 2. The van der Waals surface area contributed by atoms with Crippen molar-refractivity contribution in [3.8, 4) is 0 Å². The highest BCUT2D eigenvalue weighted by Crippen LogP contribution is 2.20. The first-order valence-corrected chi connectivity index (χ1v) is 4.02. The number of hydrogen-bond donors (Lipinski definition) is 3. The van der Waals surface area contributed by atoms with E-state index in [1.807, 2.05) is 0 Å². The molecular weight excluding hydrogens is 196 g/mol. The molecule has 0 aromatic carbocycles. The van der Waals surface area contributed by atoms with Crippen molar-refractivity contribution in [2.24, 2.45) is 0 Å². The average molecular weight is 202 g/mol. The van der Waals surface area contributed by atoms with Gasteiger partial charge in [0.05, 0.1) is 11.3 Å². The van der Waals surface area contributed by atoms with Crippen LogP contribution in [0.25, 0.3) is 0 Å². The third kappa shape index (κ3) is 2.15. The molecule has 13 heavy (non-hydrogen) atoms. The average Bonchev–Trinajstić information content (AvgIpc) is 2.29. The minimum absolute atomic E-state index is 0.0636. The van der Waals surface area contributed by atoms with Crippen molar-refractivity contribution >= 4 is 28.4 Å². The number of nitrogens with zero attached hydrogens (tertiary/aromatic N) is 1. The second-order valence-electron chi connectivity index (χ2n) is 2.20. The van der Waals surface area contributed by atoms with Crippen molar-refractivity contribution in [2.45, 2.75) is 6.42 Å². The summed E-state index contributed by atoms with van der Waals surface area (Å²) in [6, 6.07) is 0. The number of rotatable bonds is 3. The molecule has 1 aromatic rings. The van der Waals surface area contributed by atoms with Gasteiger partial charge in [0.1, 0.15) is 0 Å². The molecule has 0 atom stereocenters. The van der Waals surface area contributed by atoms with Gasteiger partial charge in [-0.25, -0.2) is 9.78 Å². The number of hydrogen-bond acceptors (Lipinski definition) is 5. The highest BCUT2D eigenvalue weighted by atomic mass is 32.1. The van der Waals surface area contributed by atoms with E-state index in [1.54, 1.807) is 0 Å². The maximum Gasteiger partial charge on any atom is 0.355 e. The number of aromatic nitrogens is 1. The van der Waals surface area contributed by atoms with Gasteiger partial charge >= 0.3 is 11.9 Å². The largest absolute Gasteiger partial charge is 0.481 e. The topological polar surface area (TPSA) is 114 Å². The van der Waals surface area contributed by atoms with Gasteiger partial charge in [-0.15, -0.1) is 11.3 Å². The van der Waals surface area contributed by atoms with E-state index in [0.29, 0.717) is 0 Å². The van der Waals surface area contributed by atoms with Crippen LogP contribution in [0.1, 0.15) is 15.4 Å². The van der Waals surface area contributed by atoms with E-state index in [0.717, 1.165) is 11.3 Å². The molecule has 1 aromatic heterocycles. The summed E-state index contributed by atoms with van der Waals surface area (Å²) in [7, 11) is 0. The van der Waals surface area contributed by atoms with Crippen molar-refractivity contribution in [3.63, 3.8) is 0 Å². The number of anilines is 1. The van der Waals surface area contributed by atoms with Gasteiger partial charge in [-0.3, -0.25) is 4.79 Å². The van der Waals surface area contributed by atoms with Crippen LogP contribution >= 0.6 is 11.3 Å². The molecule has 0 unspecified atom stereocenters. The van der Waals surface area contributed by atoms with E-state index >= 15 is 0 Å². The molecule has 0 bridgehead atoms. The maximum absolute atomic E-state index is 10.5.